The minimum absolute atomic E-state index is 0.0853. The van der Waals surface area contributed by atoms with Crippen LogP contribution in [0, 0.1) is 0 Å². The molecule has 5 heteroatoms. The predicted molar refractivity (Wildman–Crippen MR) is 127 cm³/mol. The first-order valence-corrected chi connectivity index (χ1v) is 10.6. The van der Waals surface area contributed by atoms with E-state index in [0.29, 0.717) is 22.9 Å². The molecule has 0 saturated heterocycles. The van der Waals surface area contributed by atoms with Gasteiger partial charge in [0.2, 0.25) is 5.89 Å². The number of aryl methyl sites for hydroxylation is 1. The first-order valence-electron chi connectivity index (χ1n) is 10.6. The highest BCUT2D eigenvalue weighted by atomic mass is 16.5. The topological polar surface area (TPSA) is 64.4 Å². The summed E-state index contributed by atoms with van der Waals surface area (Å²) in [6.45, 7) is 2.01. The Balaban J connectivity index is 1.38. The second-order valence-corrected chi connectivity index (χ2v) is 7.53. The van der Waals surface area contributed by atoms with Gasteiger partial charge in [-0.3, -0.25) is 4.79 Å². The van der Waals surface area contributed by atoms with Crippen LogP contribution in [0.4, 0.5) is 5.69 Å². The third kappa shape index (κ3) is 3.93. The highest BCUT2D eigenvalue weighted by Gasteiger charge is 2.15. The number of benzene rings is 4. The van der Waals surface area contributed by atoms with E-state index in [2.05, 4.69) is 17.2 Å². The van der Waals surface area contributed by atoms with E-state index >= 15 is 0 Å². The average molecular weight is 422 g/mol. The van der Waals surface area contributed by atoms with Gasteiger partial charge < -0.3 is 14.5 Å². The highest BCUT2D eigenvalue weighted by molar-refractivity contribution is 6.04. The summed E-state index contributed by atoms with van der Waals surface area (Å²) in [5, 5.41) is 5.02. The van der Waals surface area contributed by atoms with E-state index in [1.165, 1.54) is 5.56 Å². The molecule has 0 spiro atoms. The van der Waals surface area contributed by atoms with Crippen molar-refractivity contribution >= 4 is 33.5 Å². The SMILES string of the molecule is CCc1ccc(OCC(=O)Nc2ccccc2-c2nc3ccc4ccccc4c3o2)cc1. The Labute approximate surface area is 185 Å². The van der Waals surface area contributed by atoms with E-state index in [1.807, 2.05) is 84.9 Å². The molecule has 1 N–H and O–H groups in total. The van der Waals surface area contributed by atoms with Crippen molar-refractivity contribution in [2.45, 2.75) is 13.3 Å². The van der Waals surface area contributed by atoms with Crippen molar-refractivity contribution in [2.75, 3.05) is 11.9 Å². The van der Waals surface area contributed by atoms with Gasteiger partial charge in [-0.1, -0.05) is 61.5 Å². The maximum absolute atomic E-state index is 12.6. The fourth-order valence-electron chi connectivity index (χ4n) is 3.71. The van der Waals surface area contributed by atoms with Crippen LogP contribution < -0.4 is 10.1 Å². The number of oxazole rings is 1. The Morgan fingerprint density at radius 3 is 2.56 bits per heavy atom. The zero-order valence-corrected chi connectivity index (χ0v) is 17.7. The third-order valence-corrected chi connectivity index (χ3v) is 5.41. The van der Waals surface area contributed by atoms with Crippen LogP contribution in [0.5, 0.6) is 5.75 Å². The lowest BCUT2D eigenvalue weighted by Crippen LogP contribution is -2.20. The maximum Gasteiger partial charge on any atom is 0.262 e. The summed E-state index contributed by atoms with van der Waals surface area (Å²) < 4.78 is 11.8. The minimum atomic E-state index is -0.251. The zero-order valence-electron chi connectivity index (χ0n) is 17.7. The summed E-state index contributed by atoms with van der Waals surface area (Å²) in [4.78, 5) is 17.2. The van der Waals surface area contributed by atoms with E-state index in [9.17, 15) is 4.79 Å². The van der Waals surface area contributed by atoms with E-state index in [0.717, 1.165) is 28.3 Å². The van der Waals surface area contributed by atoms with Gasteiger partial charge >= 0.3 is 0 Å². The summed E-state index contributed by atoms with van der Waals surface area (Å²) in [7, 11) is 0. The zero-order chi connectivity index (χ0) is 21.9. The normalized spacial score (nSPS) is 11.0. The van der Waals surface area contributed by atoms with Crippen LogP contribution in [0.3, 0.4) is 0 Å². The van der Waals surface area contributed by atoms with Crippen LogP contribution in [0.1, 0.15) is 12.5 Å². The third-order valence-electron chi connectivity index (χ3n) is 5.41. The van der Waals surface area contributed by atoms with Crippen molar-refractivity contribution < 1.29 is 13.9 Å². The maximum atomic E-state index is 12.6. The van der Waals surface area contributed by atoms with Crippen LogP contribution in [-0.4, -0.2) is 17.5 Å². The minimum Gasteiger partial charge on any atom is -0.484 e. The predicted octanol–water partition coefficient (Wildman–Crippen LogP) is 6.23. The number of carbonyl (C=O) groups excluding carboxylic acids is 1. The lowest BCUT2D eigenvalue weighted by molar-refractivity contribution is -0.118. The number of hydrogen-bond acceptors (Lipinski definition) is 4. The Morgan fingerprint density at radius 2 is 1.72 bits per heavy atom. The molecule has 5 aromatic rings. The number of nitrogens with one attached hydrogen (secondary N) is 1. The van der Waals surface area contributed by atoms with Crippen LogP contribution in [0.25, 0.3) is 33.3 Å². The number of fused-ring (bicyclic) bond motifs is 3. The number of para-hydroxylation sites is 1. The fourth-order valence-corrected chi connectivity index (χ4v) is 3.71. The molecule has 0 saturated carbocycles. The van der Waals surface area contributed by atoms with Gasteiger partial charge in [0, 0.05) is 5.39 Å². The summed E-state index contributed by atoms with van der Waals surface area (Å²) >= 11 is 0. The van der Waals surface area contributed by atoms with E-state index < -0.39 is 0 Å². The van der Waals surface area contributed by atoms with Gasteiger partial charge in [-0.25, -0.2) is 4.98 Å². The molecule has 5 nitrogen and oxygen atoms in total. The number of carbonyl (C=O) groups is 1. The van der Waals surface area contributed by atoms with Gasteiger partial charge in [0.25, 0.3) is 5.91 Å². The number of nitrogens with zero attached hydrogens (tertiary/aromatic N) is 1. The molecule has 0 aliphatic rings. The molecule has 32 heavy (non-hydrogen) atoms. The van der Waals surface area contributed by atoms with Crippen molar-refractivity contribution in [3.05, 3.63) is 90.5 Å². The van der Waals surface area contributed by atoms with Gasteiger partial charge in [0.1, 0.15) is 11.3 Å². The number of hydrogen-bond donors (Lipinski definition) is 1. The summed E-state index contributed by atoms with van der Waals surface area (Å²) in [5.41, 5.74) is 4.07. The smallest absolute Gasteiger partial charge is 0.262 e. The van der Waals surface area contributed by atoms with Crippen molar-refractivity contribution in [3.63, 3.8) is 0 Å². The molecular formula is C27H22N2O3. The summed E-state index contributed by atoms with van der Waals surface area (Å²) in [6.07, 6.45) is 0.961. The van der Waals surface area contributed by atoms with Crippen LogP contribution in [0.2, 0.25) is 0 Å². The molecule has 0 aliphatic carbocycles. The molecule has 1 aromatic heterocycles. The quantitative estimate of drug-likeness (QED) is 0.352. The van der Waals surface area contributed by atoms with Crippen molar-refractivity contribution in [1.29, 1.82) is 0 Å². The lowest BCUT2D eigenvalue weighted by atomic mass is 10.1. The number of aromatic nitrogens is 1. The monoisotopic (exact) mass is 422 g/mol. The molecule has 1 amide bonds. The molecule has 0 radical (unpaired) electrons. The molecule has 0 fully saturated rings. The number of rotatable bonds is 6. The Bertz CT molecular complexity index is 1400. The standard InChI is InChI=1S/C27H22N2O3/c1-2-18-11-14-20(15-12-18)31-17-25(30)28-23-10-6-5-9-22(23)27-29-24-16-13-19-7-3-4-8-21(19)26(24)32-27/h3-16H,2,17H2,1H3,(H,28,30). The van der Waals surface area contributed by atoms with Gasteiger partial charge in [0.15, 0.2) is 12.2 Å². The Kier molecular flexibility index (Phi) is 5.30. The molecule has 0 aliphatic heterocycles. The average Bonchev–Trinajstić information content (AvgIpc) is 3.28. The van der Waals surface area contributed by atoms with Gasteiger partial charge in [0.05, 0.1) is 11.3 Å². The lowest BCUT2D eigenvalue weighted by Gasteiger charge is -2.10. The van der Waals surface area contributed by atoms with Gasteiger partial charge in [-0.15, -0.1) is 0 Å². The second-order valence-electron chi connectivity index (χ2n) is 7.53. The van der Waals surface area contributed by atoms with Crippen LogP contribution in [-0.2, 0) is 11.2 Å². The highest BCUT2D eigenvalue weighted by Crippen LogP contribution is 2.33. The Morgan fingerprint density at radius 1 is 0.938 bits per heavy atom. The van der Waals surface area contributed by atoms with Crippen molar-refractivity contribution in [1.82, 2.24) is 4.98 Å². The van der Waals surface area contributed by atoms with Crippen molar-refractivity contribution in [3.8, 4) is 17.2 Å². The number of anilines is 1. The van der Waals surface area contributed by atoms with E-state index in [4.69, 9.17) is 9.15 Å². The molecule has 158 valence electrons. The molecular weight excluding hydrogens is 400 g/mol. The first kappa shape index (κ1) is 19.8. The van der Waals surface area contributed by atoms with E-state index in [1.54, 1.807) is 0 Å². The molecule has 0 unspecified atom stereocenters. The van der Waals surface area contributed by atoms with Gasteiger partial charge in [-0.05, 0) is 47.7 Å². The number of ether oxygens (including phenoxy) is 1. The van der Waals surface area contributed by atoms with Crippen LogP contribution >= 0.6 is 0 Å². The van der Waals surface area contributed by atoms with E-state index in [-0.39, 0.29) is 12.5 Å². The largest absolute Gasteiger partial charge is 0.484 e. The Hall–Kier alpha value is -4.12. The summed E-state index contributed by atoms with van der Waals surface area (Å²) in [5.74, 6) is 0.873. The van der Waals surface area contributed by atoms with Crippen molar-refractivity contribution in [2.24, 2.45) is 0 Å². The molecule has 0 atom stereocenters. The molecule has 1 heterocycles. The van der Waals surface area contributed by atoms with Crippen LogP contribution in [0.15, 0.2) is 89.3 Å². The molecule has 0 bridgehead atoms. The molecule has 4 aromatic carbocycles. The number of amides is 1. The molecule has 5 rings (SSSR count). The fraction of sp³-hybridized carbons (Fsp3) is 0.111. The van der Waals surface area contributed by atoms with Gasteiger partial charge in [-0.2, -0.15) is 0 Å². The second kappa shape index (κ2) is 8.55. The summed E-state index contributed by atoms with van der Waals surface area (Å²) in [6, 6.07) is 27.2. The first-order chi connectivity index (χ1) is 15.7.